The van der Waals surface area contributed by atoms with Crippen molar-refractivity contribution in [3.8, 4) is 0 Å². The number of aromatic nitrogens is 3. The van der Waals surface area contributed by atoms with Crippen molar-refractivity contribution in [3.63, 3.8) is 0 Å². The lowest BCUT2D eigenvalue weighted by molar-refractivity contribution is 0.739. The molecule has 2 rings (SSSR count). The lowest BCUT2D eigenvalue weighted by Gasteiger charge is -2.13. The highest BCUT2D eigenvalue weighted by Gasteiger charge is 2.13. The van der Waals surface area contributed by atoms with Crippen LogP contribution in [-0.4, -0.2) is 14.8 Å². The van der Waals surface area contributed by atoms with E-state index in [1.165, 1.54) is 4.88 Å². The highest BCUT2D eigenvalue weighted by Crippen LogP contribution is 2.26. The minimum Gasteiger partial charge on any atom is -0.375 e. The lowest BCUT2D eigenvalue weighted by Crippen LogP contribution is -2.07. The molecule has 1 N–H and O–H groups in total. The SMILES string of the molecule is Cc1ncsc1C(C)Nc1cnn(C)c1C. The first-order chi connectivity index (χ1) is 7.59. The van der Waals surface area contributed by atoms with E-state index < -0.39 is 0 Å². The summed E-state index contributed by atoms with van der Waals surface area (Å²) in [6.45, 7) is 6.24. The maximum absolute atomic E-state index is 4.26. The molecule has 0 fully saturated rings. The van der Waals surface area contributed by atoms with Crippen LogP contribution in [0.25, 0.3) is 0 Å². The Bertz CT molecular complexity index is 486. The normalized spacial score (nSPS) is 12.8. The number of hydrogen-bond acceptors (Lipinski definition) is 4. The fraction of sp³-hybridized carbons (Fsp3) is 0.455. The van der Waals surface area contributed by atoms with Gasteiger partial charge in [0.15, 0.2) is 0 Å². The van der Waals surface area contributed by atoms with E-state index in [2.05, 4.69) is 29.2 Å². The molecule has 5 heteroatoms. The Hall–Kier alpha value is -1.36. The smallest absolute Gasteiger partial charge is 0.0798 e. The zero-order valence-electron chi connectivity index (χ0n) is 9.98. The summed E-state index contributed by atoms with van der Waals surface area (Å²) >= 11 is 1.69. The Balaban J connectivity index is 2.17. The Morgan fingerprint density at radius 1 is 1.44 bits per heavy atom. The minimum atomic E-state index is 0.274. The molecule has 0 aromatic carbocycles. The van der Waals surface area contributed by atoms with Gasteiger partial charge in [-0.25, -0.2) is 4.98 Å². The Kier molecular flexibility index (Phi) is 2.96. The Labute approximate surface area is 99.3 Å². The number of rotatable bonds is 3. The van der Waals surface area contributed by atoms with E-state index in [4.69, 9.17) is 0 Å². The molecule has 16 heavy (non-hydrogen) atoms. The summed E-state index contributed by atoms with van der Waals surface area (Å²) in [6, 6.07) is 0.274. The van der Waals surface area contributed by atoms with E-state index in [0.29, 0.717) is 0 Å². The van der Waals surface area contributed by atoms with E-state index in [-0.39, 0.29) is 6.04 Å². The summed E-state index contributed by atoms with van der Waals surface area (Å²) in [6.07, 6.45) is 1.86. The second-order valence-corrected chi connectivity index (χ2v) is 4.82. The summed E-state index contributed by atoms with van der Waals surface area (Å²) in [5.41, 5.74) is 5.22. The molecule has 2 heterocycles. The number of hydrogen-bond donors (Lipinski definition) is 1. The van der Waals surface area contributed by atoms with Crippen LogP contribution >= 0.6 is 11.3 Å². The van der Waals surface area contributed by atoms with Crippen LogP contribution in [-0.2, 0) is 7.05 Å². The molecule has 0 bridgehead atoms. The number of thiazole rings is 1. The predicted molar refractivity (Wildman–Crippen MR) is 66.8 cm³/mol. The average molecular weight is 236 g/mol. The van der Waals surface area contributed by atoms with E-state index in [9.17, 15) is 0 Å². The molecule has 4 nitrogen and oxygen atoms in total. The van der Waals surface area contributed by atoms with Gasteiger partial charge < -0.3 is 5.32 Å². The van der Waals surface area contributed by atoms with Gasteiger partial charge in [0.25, 0.3) is 0 Å². The highest BCUT2D eigenvalue weighted by molar-refractivity contribution is 7.09. The second-order valence-electron chi connectivity index (χ2n) is 3.94. The Morgan fingerprint density at radius 3 is 2.69 bits per heavy atom. The maximum Gasteiger partial charge on any atom is 0.0798 e. The van der Waals surface area contributed by atoms with Crippen molar-refractivity contribution in [3.05, 3.63) is 28.0 Å². The molecule has 0 aliphatic rings. The fourth-order valence-electron chi connectivity index (χ4n) is 1.67. The summed E-state index contributed by atoms with van der Waals surface area (Å²) in [7, 11) is 1.95. The van der Waals surface area contributed by atoms with Crippen LogP contribution in [0.2, 0.25) is 0 Å². The van der Waals surface area contributed by atoms with E-state index in [1.807, 2.05) is 30.4 Å². The number of nitrogens with zero attached hydrogens (tertiary/aromatic N) is 3. The molecule has 0 radical (unpaired) electrons. The average Bonchev–Trinajstić information content (AvgIpc) is 2.79. The van der Waals surface area contributed by atoms with Crippen LogP contribution in [0.5, 0.6) is 0 Å². The minimum absolute atomic E-state index is 0.274. The molecule has 0 aliphatic heterocycles. The largest absolute Gasteiger partial charge is 0.375 e. The van der Waals surface area contributed by atoms with E-state index >= 15 is 0 Å². The van der Waals surface area contributed by atoms with Gasteiger partial charge in [-0.3, -0.25) is 4.68 Å². The number of aryl methyl sites for hydroxylation is 2. The molecule has 0 amide bonds. The van der Waals surface area contributed by atoms with E-state index in [0.717, 1.165) is 17.1 Å². The zero-order valence-corrected chi connectivity index (χ0v) is 10.8. The summed E-state index contributed by atoms with van der Waals surface area (Å²) in [5.74, 6) is 0. The highest BCUT2D eigenvalue weighted by atomic mass is 32.1. The van der Waals surface area contributed by atoms with Crippen molar-refractivity contribution in [2.45, 2.75) is 26.8 Å². The molecule has 0 saturated carbocycles. The van der Waals surface area contributed by atoms with Crippen LogP contribution in [0.15, 0.2) is 11.7 Å². The molecule has 0 saturated heterocycles. The molecule has 1 unspecified atom stereocenters. The topological polar surface area (TPSA) is 42.7 Å². The van der Waals surface area contributed by atoms with Crippen molar-refractivity contribution in [2.75, 3.05) is 5.32 Å². The fourth-order valence-corrected chi connectivity index (χ4v) is 2.48. The van der Waals surface area contributed by atoms with Gasteiger partial charge >= 0.3 is 0 Å². The first-order valence-electron chi connectivity index (χ1n) is 5.24. The molecule has 86 valence electrons. The zero-order chi connectivity index (χ0) is 11.7. The van der Waals surface area contributed by atoms with Crippen LogP contribution in [0.3, 0.4) is 0 Å². The van der Waals surface area contributed by atoms with Gasteiger partial charge in [-0.05, 0) is 20.8 Å². The third-order valence-electron chi connectivity index (χ3n) is 2.78. The first kappa shape index (κ1) is 11.1. The molecule has 1 atom stereocenters. The van der Waals surface area contributed by atoms with Crippen molar-refractivity contribution in [1.82, 2.24) is 14.8 Å². The lowest BCUT2D eigenvalue weighted by atomic mass is 10.2. The third-order valence-corrected chi connectivity index (χ3v) is 3.90. The second kappa shape index (κ2) is 4.25. The van der Waals surface area contributed by atoms with Crippen molar-refractivity contribution < 1.29 is 0 Å². The first-order valence-corrected chi connectivity index (χ1v) is 6.12. The van der Waals surface area contributed by atoms with Crippen LogP contribution in [0.1, 0.15) is 29.2 Å². The molecule has 2 aromatic heterocycles. The third kappa shape index (κ3) is 1.95. The van der Waals surface area contributed by atoms with Gasteiger partial charge in [0.1, 0.15) is 0 Å². The van der Waals surface area contributed by atoms with Gasteiger partial charge in [-0.2, -0.15) is 5.10 Å². The van der Waals surface area contributed by atoms with Crippen LogP contribution < -0.4 is 5.32 Å². The maximum atomic E-state index is 4.26. The van der Waals surface area contributed by atoms with Crippen LogP contribution in [0.4, 0.5) is 5.69 Å². The van der Waals surface area contributed by atoms with E-state index in [1.54, 1.807) is 11.3 Å². The predicted octanol–water partition coefficient (Wildman–Crippen LogP) is 2.67. The monoisotopic (exact) mass is 236 g/mol. The molecule has 0 aliphatic carbocycles. The Morgan fingerprint density at radius 2 is 2.19 bits per heavy atom. The van der Waals surface area contributed by atoms with Gasteiger partial charge in [-0.15, -0.1) is 11.3 Å². The summed E-state index contributed by atoms with van der Waals surface area (Å²) in [5, 5.41) is 7.68. The molecule has 0 spiro atoms. The van der Waals surface area contributed by atoms with Crippen molar-refractivity contribution in [2.24, 2.45) is 7.05 Å². The number of nitrogens with one attached hydrogen (secondary N) is 1. The standard InChI is InChI=1S/C11H16N4S/c1-7-11(16-6-12-7)8(2)14-10-5-13-15(4)9(10)3/h5-6,8,14H,1-4H3. The quantitative estimate of drug-likeness (QED) is 0.891. The van der Waals surface area contributed by atoms with Crippen LogP contribution in [0, 0.1) is 13.8 Å². The summed E-state index contributed by atoms with van der Waals surface area (Å²) in [4.78, 5) is 5.55. The molecule has 2 aromatic rings. The van der Waals surface area contributed by atoms with Gasteiger partial charge in [0.05, 0.1) is 34.8 Å². The molecular formula is C11H16N4S. The number of anilines is 1. The summed E-state index contributed by atoms with van der Waals surface area (Å²) < 4.78 is 1.87. The van der Waals surface area contributed by atoms with Crippen molar-refractivity contribution >= 4 is 17.0 Å². The van der Waals surface area contributed by atoms with Gasteiger partial charge in [0, 0.05) is 11.9 Å². The van der Waals surface area contributed by atoms with Gasteiger partial charge in [-0.1, -0.05) is 0 Å². The molecular weight excluding hydrogens is 220 g/mol. The van der Waals surface area contributed by atoms with Gasteiger partial charge in [0.2, 0.25) is 0 Å². The van der Waals surface area contributed by atoms with Crippen molar-refractivity contribution in [1.29, 1.82) is 0 Å².